The van der Waals surface area contributed by atoms with Gasteiger partial charge in [0.25, 0.3) is 0 Å². The van der Waals surface area contributed by atoms with Crippen molar-refractivity contribution in [3.63, 3.8) is 0 Å². The number of amides is 1. The van der Waals surface area contributed by atoms with E-state index in [1.807, 2.05) is 38.1 Å². The van der Waals surface area contributed by atoms with Crippen LogP contribution in [0.1, 0.15) is 19.4 Å². The molecule has 144 valence electrons. The summed E-state index contributed by atoms with van der Waals surface area (Å²) >= 11 is 0. The van der Waals surface area contributed by atoms with Crippen LogP contribution < -0.4 is 15.4 Å². The Morgan fingerprint density at radius 1 is 1.00 bits per heavy atom. The molecule has 0 atom stereocenters. The molecular weight excluding hydrogens is 359 g/mol. The van der Waals surface area contributed by atoms with Gasteiger partial charge in [0.15, 0.2) is 11.6 Å². The first-order valence-corrected chi connectivity index (χ1v) is 8.91. The summed E-state index contributed by atoms with van der Waals surface area (Å²) in [5.41, 5.74) is 1.09. The third-order valence-electron chi connectivity index (χ3n) is 3.75. The molecule has 3 rings (SSSR count). The van der Waals surface area contributed by atoms with Crippen LogP contribution in [0.3, 0.4) is 0 Å². The van der Waals surface area contributed by atoms with Crippen LogP contribution in [0, 0.1) is 5.82 Å². The van der Waals surface area contributed by atoms with Gasteiger partial charge in [-0.05, 0) is 49.7 Å². The zero-order valence-corrected chi connectivity index (χ0v) is 15.6. The highest BCUT2D eigenvalue weighted by Gasteiger charge is 2.10. The van der Waals surface area contributed by atoms with Crippen LogP contribution in [0.5, 0.6) is 5.75 Å². The van der Waals surface area contributed by atoms with Crippen molar-refractivity contribution in [2.24, 2.45) is 0 Å². The van der Waals surface area contributed by atoms with Gasteiger partial charge < -0.3 is 15.4 Å². The average Bonchev–Trinajstić information content (AvgIpc) is 2.66. The molecule has 0 spiro atoms. The van der Waals surface area contributed by atoms with Crippen molar-refractivity contribution in [2.75, 3.05) is 10.6 Å². The van der Waals surface area contributed by atoms with Crippen LogP contribution >= 0.6 is 0 Å². The number of para-hydroxylation sites is 2. The lowest BCUT2D eigenvalue weighted by molar-refractivity contribution is -0.115. The third-order valence-corrected chi connectivity index (χ3v) is 3.75. The zero-order chi connectivity index (χ0) is 19.9. The second kappa shape index (κ2) is 8.94. The predicted molar refractivity (Wildman–Crippen MR) is 106 cm³/mol. The molecule has 0 fully saturated rings. The fraction of sp³-hybridized carbons (Fsp3) is 0.190. The lowest BCUT2D eigenvalue weighted by Gasteiger charge is -2.15. The topological polar surface area (TPSA) is 76.1 Å². The fourth-order valence-corrected chi connectivity index (χ4v) is 2.53. The molecule has 1 aromatic heterocycles. The second-order valence-electron chi connectivity index (χ2n) is 6.41. The maximum atomic E-state index is 13.6. The molecule has 0 aliphatic carbocycles. The molecule has 0 saturated heterocycles. The summed E-state index contributed by atoms with van der Waals surface area (Å²) in [6.07, 6.45) is -0.0325. The first-order valence-electron chi connectivity index (χ1n) is 8.91. The number of hydrogen-bond donors (Lipinski definition) is 2. The molecule has 0 aliphatic rings. The number of nitrogens with zero attached hydrogens (tertiary/aromatic N) is 2. The molecule has 1 heterocycles. The molecule has 6 nitrogen and oxygen atoms in total. The van der Waals surface area contributed by atoms with E-state index in [0.717, 1.165) is 5.69 Å². The number of benzene rings is 2. The van der Waals surface area contributed by atoms with Crippen LogP contribution in [0.4, 0.5) is 21.7 Å². The van der Waals surface area contributed by atoms with Crippen LogP contribution in [0.15, 0.2) is 60.7 Å². The van der Waals surface area contributed by atoms with Crippen molar-refractivity contribution in [3.8, 4) is 5.75 Å². The SMILES string of the molecule is CC(C)Oc1ccccc1Nc1ccc(NC(=O)Cc2ccccc2F)nn1. The van der Waals surface area contributed by atoms with Gasteiger partial charge in [0, 0.05) is 0 Å². The van der Waals surface area contributed by atoms with E-state index in [1.54, 1.807) is 30.3 Å². The van der Waals surface area contributed by atoms with Gasteiger partial charge in [0.2, 0.25) is 5.91 Å². The van der Waals surface area contributed by atoms with Gasteiger partial charge in [-0.15, -0.1) is 10.2 Å². The number of anilines is 3. The van der Waals surface area contributed by atoms with Crippen LogP contribution in [-0.2, 0) is 11.2 Å². The molecular formula is C21H21FN4O2. The van der Waals surface area contributed by atoms with Gasteiger partial charge in [-0.1, -0.05) is 30.3 Å². The van der Waals surface area contributed by atoms with Crippen molar-refractivity contribution in [1.29, 1.82) is 0 Å². The van der Waals surface area contributed by atoms with E-state index in [9.17, 15) is 9.18 Å². The van der Waals surface area contributed by atoms with E-state index in [2.05, 4.69) is 20.8 Å². The lowest BCUT2D eigenvalue weighted by atomic mass is 10.1. The summed E-state index contributed by atoms with van der Waals surface area (Å²) in [5, 5.41) is 13.8. The highest BCUT2D eigenvalue weighted by Crippen LogP contribution is 2.27. The fourth-order valence-electron chi connectivity index (χ4n) is 2.53. The average molecular weight is 380 g/mol. The van der Waals surface area contributed by atoms with E-state index in [0.29, 0.717) is 22.9 Å². The number of nitrogens with one attached hydrogen (secondary N) is 2. The van der Waals surface area contributed by atoms with Crippen molar-refractivity contribution in [2.45, 2.75) is 26.4 Å². The monoisotopic (exact) mass is 380 g/mol. The highest BCUT2D eigenvalue weighted by atomic mass is 19.1. The summed E-state index contributed by atoms with van der Waals surface area (Å²) in [7, 11) is 0. The second-order valence-corrected chi connectivity index (χ2v) is 6.41. The van der Waals surface area contributed by atoms with Gasteiger partial charge in [-0.3, -0.25) is 4.79 Å². The summed E-state index contributed by atoms with van der Waals surface area (Å²) in [6, 6.07) is 17.0. The summed E-state index contributed by atoms with van der Waals surface area (Å²) in [5.74, 6) is 0.730. The Labute approximate surface area is 162 Å². The summed E-state index contributed by atoms with van der Waals surface area (Å²) in [6.45, 7) is 3.91. The van der Waals surface area contributed by atoms with Gasteiger partial charge in [0.1, 0.15) is 11.6 Å². The molecule has 3 aromatic rings. The molecule has 0 unspecified atom stereocenters. The van der Waals surface area contributed by atoms with E-state index in [4.69, 9.17) is 4.74 Å². The Morgan fingerprint density at radius 2 is 1.68 bits per heavy atom. The summed E-state index contributed by atoms with van der Waals surface area (Å²) < 4.78 is 19.4. The lowest BCUT2D eigenvalue weighted by Crippen LogP contribution is -2.16. The van der Waals surface area contributed by atoms with Gasteiger partial charge >= 0.3 is 0 Å². The number of aromatic nitrogens is 2. The molecule has 0 aliphatic heterocycles. The smallest absolute Gasteiger partial charge is 0.230 e. The number of carbonyl (C=O) groups is 1. The quantitative estimate of drug-likeness (QED) is 0.638. The molecule has 0 saturated carbocycles. The molecule has 7 heteroatoms. The molecule has 2 N–H and O–H groups in total. The van der Waals surface area contributed by atoms with Crippen LogP contribution in [0.2, 0.25) is 0 Å². The normalized spacial score (nSPS) is 10.6. The highest BCUT2D eigenvalue weighted by molar-refractivity contribution is 5.91. The van der Waals surface area contributed by atoms with Gasteiger partial charge in [-0.25, -0.2) is 4.39 Å². The first kappa shape index (κ1) is 19.3. The minimum atomic E-state index is -0.412. The maximum absolute atomic E-state index is 13.6. The van der Waals surface area contributed by atoms with Gasteiger partial charge in [0.05, 0.1) is 18.2 Å². The van der Waals surface area contributed by atoms with E-state index in [1.165, 1.54) is 6.07 Å². The Morgan fingerprint density at radius 3 is 2.39 bits per heavy atom. The number of hydrogen-bond acceptors (Lipinski definition) is 5. The third kappa shape index (κ3) is 5.26. The van der Waals surface area contributed by atoms with Crippen molar-refractivity contribution in [1.82, 2.24) is 10.2 Å². The van der Waals surface area contributed by atoms with Crippen LogP contribution in [0.25, 0.3) is 0 Å². The minimum absolute atomic E-state index is 0.0427. The predicted octanol–water partition coefficient (Wildman–Crippen LogP) is 4.33. The van der Waals surface area contributed by atoms with Gasteiger partial charge in [-0.2, -0.15) is 0 Å². The Balaban J connectivity index is 1.63. The maximum Gasteiger partial charge on any atom is 0.230 e. The Kier molecular flexibility index (Phi) is 6.16. The molecule has 0 bridgehead atoms. The molecule has 28 heavy (non-hydrogen) atoms. The van der Waals surface area contributed by atoms with Crippen molar-refractivity contribution in [3.05, 3.63) is 72.0 Å². The van der Waals surface area contributed by atoms with E-state index < -0.39 is 5.82 Å². The van der Waals surface area contributed by atoms with Crippen molar-refractivity contribution >= 4 is 23.2 Å². The molecule has 1 amide bonds. The standard InChI is InChI=1S/C21H21FN4O2/c1-14(2)28-18-10-6-5-9-17(18)23-19-11-12-20(26-25-19)24-21(27)13-15-7-3-4-8-16(15)22/h3-12,14H,13H2,1-2H3,(H,23,25)(H,24,26,27). The Bertz CT molecular complexity index is 945. The molecule has 2 aromatic carbocycles. The van der Waals surface area contributed by atoms with Crippen LogP contribution in [-0.4, -0.2) is 22.2 Å². The Hall–Kier alpha value is -3.48. The molecule has 0 radical (unpaired) electrons. The zero-order valence-electron chi connectivity index (χ0n) is 15.6. The number of halogens is 1. The number of carbonyl (C=O) groups excluding carboxylic acids is 1. The largest absolute Gasteiger partial charge is 0.489 e. The number of rotatable bonds is 7. The van der Waals surface area contributed by atoms with Crippen molar-refractivity contribution < 1.29 is 13.9 Å². The summed E-state index contributed by atoms with van der Waals surface area (Å²) in [4.78, 5) is 12.1. The first-order chi connectivity index (χ1) is 13.5. The van der Waals surface area contributed by atoms with E-state index in [-0.39, 0.29) is 18.4 Å². The van der Waals surface area contributed by atoms with E-state index >= 15 is 0 Å². The number of ether oxygens (including phenoxy) is 1. The minimum Gasteiger partial charge on any atom is -0.489 e.